The van der Waals surface area contributed by atoms with Crippen molar-refractivity contribution in [3.05, 3.63) is 24.3 Å². The van der Waals surface area contributed by atoms with Crippen molar-refractivity contribution in [2.45, 2.75) is 24.9 Å². The first kappa shape index (κ1) is 7.51. The molecule has 1 aliphatic heterocycles. The van der Waals surface area contributed by atoms with E-state index in [-0.39, 0.29) is 0 Å². The normalized spacial score (nSPS) is 46.6. The van der Waals surface area contributed by atoms with Crippen molar-refractivity contribution >= 4 is 5.71 Å². The summed E-state index contributed by atoms with van der Waals surface area (Å²) in [6.45, 7) is 0. The fourth-order valence-corrected chi connectivity index (χ4v) is 2.91. The Labute approximate surface area is 78.2 Å². The Morgan fingerprint density at radius 2 is 2.23 bits per heavy atom. The average Bonchev–Trinajstić information content (AvgIpc) is 2.62. The molecule has 0 aromatic carbocycles. The largest absolute Gasteiger partial charge is 0.309 e. The fraction of sp³-hybridized carbons (Fsp3) is 0.545. The van der Waals surface area contributed by atoms with E-state index in [1.807, 2.05) is 0 Å². The van der Waals surface area contributed by atoms with Gasteiger partial charge >= 0.3 is 0 Å². The van der Waals surface area contributed by atoms with Crippen molar-refractivity contribution < 1.29 is 0 Å². The van der Waals surface area contributed by atoms with E-state index in [0.717, 1.165) is 18.6 Å². The third-order valence-electron chi connectivity index (χ3n) is 3.50. The molecule has 0 saturated carbocycles. The van der Waals surface area contributed by atoms with Crippen LogP contribution in [0.25, 0.3) is 0 Å². The Bertz CT molecular complexity index is 303. The van der Waals surface area contributed by atoms with Gasteiger partial charge in [-0.05, 0) is 6.42 Å². The van der Waals surface area contributed by atoms with Crippen molar-refractivity contribution in [2.24, 2.45) is 11.8 Å². The highest BCUT2D eigenvalue weighted by molar-refractivity contribution is 5.88. The van der Waals surface area contributed by atoms with Crippen LogP contribution in [-0.2, 0) is 0 Å². The van der Waals surface area contributed by atoms with Gasteiger partial charge < -0.3 is 10.7 Å². The van der Waals surface area contributed by atoms with Gasteiger partial charge in [-0.15, -0.1) is 0 Å². The molecule has 4 unspecified atom stereocenters. The molecule has 2 aliphatic carbocycles. The molecule has 0 bridgehead atoms. The van der Waals surface area contributed by atoms with Crippen molar-refractivity contribution in [1.29, 1.82) is 5.41 Å². The lowest BCUT2D eigenvalue weighted by Crippen LogP contribution is -2.33. The summed E-state index contributed by atoms with van der Waals surface area (Å²) < 4.78 is 0. The van der Waals surface area contributed by atoms with E-state index in [4.69, 9.17) is 5.41 Å². The van der Waals surface area contributed by atoms with Gasteiger partial charge in [-0.3, -0.25) is 0 Å². The quantitative estimate of drug-likeness (QED) is 0.536. The fourth-order valence-electron chi connectivity index (χ4n) is 2.91. The molecule has 1 heterocycles. The molecule has 2 heteroatoms. The van der Waals surface area contributed by atoms with Crippen LogP contribution in [0.15, 0.2) is 24.3 Å². The maximum atomic E-state index is 7.94. The maximum absolute atomic E-state index is 7.94. The summed E-state index contributed by atoms with van der Waals surface area (Å²) in [6, 6.07) is 1.05. The topological polar surface area (TPSA) is 35.9 Å². The number of rotatable bonds is 0. The van der Waals surface area contributed by atoms with E-state index < -0.39 is 0 Å². The van der Waals surface area contributed by atoms with Gasteiger partial charge in [-0.25, -0.2) is 0 Å². The Morgan fingerprint density at radius 1 is 1.31 bits per heavy atom. The molecule has 4 atom stereocenters. The van der Waals surface area contributed by atoms with Gasteiger partial charge in [0.05, 0.1) is 0 Å². The summed E-state index contributed by atoms with van der Waals surface area (Å²) in [5.74, 6) is 1.05. The Morgan fingerprint density at radius 3 is 3.15 bits per heavy atom. The van der Waals surface area contributed by atoms with Crippen LogP contribution in [0.3, 0.4) is 0 Å². The second-order valence-electron chi connectivity index (χ2n) is 4.22. The van der Waals surface area contributed by atoms with Crippen LogP contribution >= 0.6 is 0 Å². The standard InChI is InChI=1S/C11H14N2/c12-8-4-2-6-10-11(8)7-3-1-5-9(7)13-10/h1-3,6-7,9-13H,4-5H2. The third-order valence-corrected chi connectivity index (χ3v) is 3.50. The first-order valence-corrected chi connectivity index (χ1v) is 5.03. The van der Waals surface area contributed by atoms with E-state index in [9.17, 15) is 0 Å². The van der Waals surface area contributed by atoms with Gasteiger partial charge in [0.1, 0.15) is 0 Å². The zero-order chi connectivity index (χ0) is 8.84. The summed E-state index contributed by atoms with van der Waals surface area (Å²) in [5.41, 5.74) is 0.916. The third kappa shape index (κ3) is 0.953. The first-order chi connectivity index (χ1) is 6.36. The van der Waals surface area contributed by atoms with E-state index in [1.165, 1.54) is 0 Å². The number of hydrogen-bond acceptors (Lipinski definition) is 2. The predicted octanol–water partition coefficient (Wildman–Crippen LogP) is 1.50. The average molecular weight is 174 g/mol. The van der Waals surface area contributed by atoms with Crippen molar-refractivity contribution in [1.82, 2.24) is 5.32 Å². The zero-order valence-electron chi connectivity index (χ0n) is 7.53. The SMILES string of the molecule is N=C1CC=CC2NC3CC=CC3C12. The lowest BCUT2D eigenvalue weighted by atomic mass is 9.81. The second-order valence-corrected chi connectivity index (χ2v) is 4.22. The lowest BCUT2D eigenvalue weighted by molar-refractivity contribution is 0.529. The minimum absolute atomic E-state index is 0.446. The molecule has 13 heavy (non-hydrogen) atoms. The maximum Gasteiger partial charge on any atom is 0.0339 e. The van der Waals surface area contributed by atoms with Gasteiger partial charge in [-0.1, -0.05) is 24.3 Å². The van der Waals surface area contributed by atoms with Crippen molar-refractivity contribution in [2.75, 3.05) is 0 Å². The highest BCUT2D eigenvalue weighted by Gasteiger charge is 2.44. The van der Waals surface area contributed by atoms with Crippen LogP contribution in [0.1, 0.15) is 12.8 Å². The van der Waals surface area contributed by atoms with Crippen molar-refractivity contribution in [3.8, 4) is 0 Å². The van der Waals surface area contributed by atoms with Crippen LogP contribution in [0.2, 0.25) is 0 Å². The molecule has 3 rings (SSSR count). The van der Waals surface area contributed by atoms with E-state index in [1.54, 1.807) is 0 Å². The smallest absolute Gasteiger partial charge is 0.0339 e. The molecule has 0 amide bonds. The summed E-state index contributed by atoms with van der Waals surface area (Å²) >= 11 is 0. The molecule has 2 nitrogen and oxygen atoms in total. The van der Waals surface area contributed by atoms with Crippen LogP contribution in [0.4, 0.5) is 0 Å². The number of nitrogens with one attached hydrogen (secondary N) is 2. The molecule has 3 aliphatic rings. The first-order valence-electron chi connectivity index (χ1n) is 5.03. The summed E-state index contributed by atoms with van der Waals surface area (Å²) in [7, 11) is 0. The number of hydrogen-bond donors (Lipinski definition) is 2. The Balaban J connectivity index is 1.97. The molecule has 0 spiro atoms. The Kier molecular flexibility index (Phi) is 1.47. The molecule has 68 valence electrons. The highest BCUT2D eigenvalue weighted by Crippen LogP contribution is 2.38. The van der Waals surface area contributed by atoms with Crippen molar-refractivity contribution in [3.63, 3.8) is 0 Å². The monoisotopic (exact) mass is 174 g/mol. The highest BCUT2D eigenvalue weighted by atomic mass is 15.0. The Hall–Kier alpha value is -0.890. The molecule has 0 aromatic rings. The van der Waals surface area contributed by atoms with Crippen LogP contribution in [-0.4, -0.2) is 17.8 Å². The molecule has 1 saturated heterocycles. The number of allylic oxidation sites excluding steroid dienone is 1. The molecular formula is C11H14N2. The van der Waals surface area contributed by atoms with E-state index >= 15 is 0 Å². The van der Waals surface area contributed by atoms with Gasteiger partial charge in [-0.2, -0.15) is 0 Å². The minimum atomic E-state index is 0.446. The van der Waals surface area contributed by atoms with Crippen LogP contribution < -0.4 is 5.32 Å². The molecule has 0 radical (unpaired) electrons. The lowest BCUT2D eigenvalue weighted by Gasteiger charge is -2.23. The van der Waals surface area contributed by atoms with Crippen LogP contribution in [0, 0.1) is 17.2 Å². The summed E-state index contributed by atoms with van der Waals surface area (Å²) in [5, 5.41) is 11.5. The van der Waals surface area contributed by atoms with Gasteiger partial charge in [0.15, 0.2) is 0 Å². The second kappa shape index (κ2) is 2.55. The van der Waals surface area contributed by atoms with Gasteiger partial charge in [0.25, 0.3) is 0 Å². The summed E-state index contributed by atoms with van der Waals surface area (Å²) in [4.78, 5) is 0. The minimum Gasteiger partial charge on any atom is -0.309 e. The molecular weight excluding hydrogens is 160 g/mol. The molecule has 0 aromatic heterocycles. The zero-order valence-corrected chi connectivity index (χ0v) is 7.53. The predicted molar refractivity (Wildman–Crippen MR) is 52.9 cm³/mol. The van der Waals surface area contributed by atoms with E-state index in [2.05, 4.69) is 29.6 Å². The van der Waals surface area contributed by atoms with Gasteiger partial charge in [0, 0.05) is 36.1 Å². The van der Waals surface area contributed by atoms with Crippen LogP contribution in [0.5, 0.6) is 0 Å². The number of fused-ring (bicyclic) bond motifs is 3. The molecule has 2 N–H and O–H groups in total. The summed E-state index contributed by atoms with van der Waals surface area (Å²) in [6.07, 6.45) is 10.9. The van der Waals surface area contributed by atoms with Gasteiger partial charge in [0.2, 0.25) is 0 Å². The van der Waals surface area contributed by atoms with E-state index in [0.29, 0.717) is 23.9 Å². The molecule has 1 fully saturated rings.